The number of rotatable bonds is 4. The molecule has 0 spiro atoms. The van der Waals surface area contributed by atoms with Crippen molar-refractivity contribution in [2.45, 2.75) is 45.1 Å². The fourth-order valence-corrected chi connectivity index (χ4v) is 2.89. The molecule has 0 bridgehead atoms. The van der Waals surface area contributed by atoms with Crippen LogP contribution in [-0.4, -0.2) is 12.6 Å². The minimum atomic E-state index is 0.254. The van der Waals surface area contributed by atoms with Crippen molar-refractivity contribution in [2.75, 3.05) is 6.61 Å². The molecule has 86 valence electrons. The maximum Gasteiger partial charge on any atom is 0.111 e. The second-order valence-electron chi connectivity index (χ2n) is 4.74. The van der Waals surface area contributed by atoms with Crippen LogP contribution in [0, 0.1) is 11.8 Å². The van der Waals surface area contributed by atoms with Gasteiger partial charge < -0.3 is 4.74 Å². The zero-order valence-corrected chi connectivity index (χ0v) is 9.54. The van der Waals surface area contributed by atoms with Gasteiger partial charge >= 0.3 is 0 Å². The zero-order chi connectivity index (χ0) is 10.7. The van der Waals surface area contributed by atoms with Crippen molar-refractivity contribution < 1.29 is 4.74 Å². The van der Waals surface area contributed by atoms with Crippen LogP contribution >= 0.6 is 0 Å². The van der Waals surface area contributed by atoms with E-state index in [9.17, 15) is 0 Å². The van der Waals surface area contributed by atoms with Gasteiger partial charge in [-0.1, -0.05) is 19.8 Å². The van der Waals surface area contributed by atoms with Gasteiger partial charge in [-0.15, -0.1) is 0 Å². The zero-order valence-electron chi connectivity index (χ0n) is 9.54. The molecule has 0 radical (unpaired) electrons. The van der Waals surface area contributed by atoms with Crippen LogP contribution < -0.4 is 11.3 Å². The number of hydrogen-bond acceptors (Lipinski definition) is 3. The van der Waals surface area contributed by atoms with Crippen LogP contribution in [0.5, 0.6) is 0 Å². The summed E-state index contributed by atoms with van der Waals surface area (Å²) in [6, 6.07) is 0.254. The molecular formula is C12H22N2O. The Kier molecular flexibility index (Phi) is 3.65. The second-order valence-corrected chi connectivity index (χ2v) is 4.74. The molecule has 3 nitrogen and oxygen atoms in total. The molecule has 15 heavy (non-hydrogen) atoms. The van der Waals surface area contributed by atoms with Crippen LogP contribution in [0.4, 0.5) is 0 Å². The summed E-state index contributed by atoms with van der Waals surface area (Å²) in [5.41, 5.74) is 2.94. The molecule has 2 rings (SSSR count). The third-order valence-corrected chi connectivity index (χ3v) is 3.85. The standard InChI is InChI=1S/C12H22N2O/c1-2-9-5-6-10(8-9)12(14-13)11-4-3-7-15-11/h4,9-10,12,14H,2-3,5-8,13H2,1H3. The lowest BCUT2D eigenvalue weighted by Crippen LogP contribution is -2.41. The average molecular weight is 210 g/mol. The Hall–Kier alpha value is -0.540. The molecule has 3 N–H and O–H groups in total. The molecule has 3 heteroatoms. The first-order valence-corrected chi connectivity index (χ1v) is 6.14. The lowest BCUT2D eigenvalue weighted by Gasteiger charge is -2.23. The van der Waals surface area contributed by atoms with Crippen LogP contribution in [-0.2, 0) is 4.74 Å². The highest BCUT2D eigenvalue weighted by atomic mass is 16.5. The van der Waals surface area contributed by atoms with Crippen LogP contribution in [0.15, 0.2) is 11.8 Å². The molecule has 1 heterocycles. The normalized spacial score (nSPS) is 32.5. The predicted octanol–water partition coefficient (Wildman–Crippen LogP) is 1.95. The molecule has 3 atom stereocenters. The summed E-state index contributed by atoms with van der Waals surface area (Å²) >= 11 is 0. The Bertz CT molecular complexity index is 240. The first-order chi connectivity index (χ1) is 7.35. The van der Waals surface area contributed by atoms with Gasteiger partial charge in [0, 0.05) is 6.42 Å². The molecule has 0 aromatic rings. The van der Waals surface area contributed by atoms with Crippen LogP contribution in [0.25, 0.3) is 0 Å². The quantitative estimate of drug-likeness (QED) is 0.551. The Morgan fingerprint density at radius 2 is 2.47 bits per heavy atom. The third-order valence-electron chi connectivity index (χ3n) is 3.85. The lowest BCUT2D eigenvalue weighted by molar-refractivity contribution is 0.192. The first kappa shape index (κ1) is 11.0. The summed E-state index contributed by atoms with van der Waals surface area (Å²) in [5.74, 6) is 8.30. The number of nitrogens with two attached hydrogens (primary N) is 1. The Morgan fingerprint density at radius 3 is 3.00 bits per heavy atom. The first-order valence-electron chi connectivity index (χ1n) is 6.14. The van der Waals surface area contributed by atoms with E-state index in [1.807, 2.05) is 0 Å². The molecule has 2 aliphatic rings. The smallest absolute Gasteiger partial charge is 0.111 e. The number of hydrazine groups is 1. The number of ether oxygens (including phenoxy) is 1. The molecule has 1 aliphatic heterocycles. The van der Waals surface area contributed by atoms with E-state index in [-0.39, 0.29) is 6.04 Å². The summed E-state index contributed by atoms with van der Waals surface area (Å²) in [6.07, 6.45) is 8.46. The number of hydrogen-bond donors (Lipinski definition) is 2. The summed E-state index contributed by atoms with van der Waals surface area (Å²) in [5, 5.41) is 0. The van der Waals surface area contributed by atoms with Crippen molar-refractivity contribution in [1.82, 2.24) is 5.43 Å². The highest BCUT2D eigenvalue weighted by molar-refractivity contribution is 5.09. The topological polar surface area (TPSA) is 47.3 Å². The SMILES string of the molecule is CCC1CCC(C(NN)C2=CCCO2)C1. The monoisotopic (exact) mass is 210 g/mol. The predicted molar refractivity (Wildman–Crippen MR) is 60.9 cm³/mol. The fraction of sp³-hybridized carbons (Fsp3) is 0.833. The van der Waals surface area contributed by atoms with Crippen molar-refractivity contribution in [1.29, 1.82) is 0 Å². The van der Waals surface area contributed by atoms with E-state index in [1.165, 1.54) is 25.7 Å². The molecular weight excluding hydrogens is 188 g/mol. The summed E-state index contributed by atoms with van der Waals surface area (Å²) < 4.78 is 5.61. The van der Waals surface area contributed by atoms with Gasteiger partial charge in [0.2, 0.25) is 0 Å². The Balaban J connectivity index is 1.95. The van der Waals surface area contributed by atoms with E-state index in [1.54, 1.807) is 0 Å². The van der Waals surface area contributed by atoms with Crippen molar-refractivity contribution in [3.8, 4) is 0 Å². The highest BCUT2D eigenvalue weighted by Crippen LogP contribution is 2.37. The molecule has 1 fully saturated rings. The molecule has 0 saturated heterocycles. The van der Waals surface area contributed by atoms with Crippen molar-refractivity contribution >= 4 is 0 Å². The fourth-order valence-electron chi connectivity index (χ4n) is 2.89. The van der Waals surface area contributed by atoms with E-state index >= 15 is 0 Å². The molecule has 0 aromatic carbocycles. The van der Waals surface area contributed by atoms with Gasteiger partial charge in [-0.05, 0) is 30.8 Å². The third kappa shape index (κ3) is 2.34. The van der Waals surface area contributed by atoms with E-state index in [0.717, 1.165) is 24.7 Å². The highest BCUT2D eigenvalue weighted by Gasteiger charge is 2.33. The summed E-state index contributed by atoms with van der Waals surface area (Å²) in [4.78, 5) is 0. The largest absolute Gasteiger partial charge is 0.496 e. The van der Waals surface area contributed by atoms with Gasteiger partial charge in [-0.25, -0.2) is 5.43 Å². The molecule has 1 saturated carbocycles. The maximum absolute atomic E-state index is 5.65. The van der Waals surface area contributed by atoms with Gasteiger partial charge in [-0.2, -0.15) is 0 Å². The van der Waals surface area contributed by atoms with Gasteiger partial charge in [-0.3, -0.25) is 5.84 Å². The molecule has 0 amide bonds. The van der Waals surface area contributed by atoms with Crippen molar-refractivity contribution in [2.24, 2.45) is 17.7 Å². The van der Waals surface area contributed by atoms with Gasteiger partial charge in [0.05, 0.1) is 12.6 Å². The average Bonchev–Trinajstić information content (AvgIpc) is 2.89. The van der Waals surface area contributed by atoms with E-state index in [2.05, 4.69) is 18.4 Å². The van der Waals surface area contributed by atoms with Gasteiger partial charge in [0.1, 0.15) is 5.76 Å². The van der Waals surface area contributed by atoms with Crippen LogP contribution in [0.2, 0.25) is 0 Å². The van der Waals surface area contributed by atoms with Gasteiger partial charge in [0.15, 0.2) is 0 Å². The van der Waals surface area contributed by atoms with Crippen molar-refractivity contribution in [3.63, 3.8) is 0 Å². The van der Waals surface area contributed by atoms with E-state index < -0.39 is 0 Å². The molecule has 0 aromatic heterocycles. The van der Waals surface area contributed by atoms with Crippen LogP contribution in [0.1, 0.15) is 39.0 Å². The Morgan fingerprint density at radius 1 is 1.60 bits per heavy atom. The molecule has 1 aliphatic carbocycles. The van der Waals surface area contributed by atoms with E-state index in [4.69, 9.17) is 10.6 Å². The molecule has 3 unspecified atom stereocenters. The van der Waals surface area contributed by atoms with Crippen molar-refractivity contribution in [3.05, 3.63) is 11.8 Å². The summed E-state index contributed by atoms with van der Waals surface area (Å²) in [7, 11) is 0. The maximum atomic E-state index is 5.65. The van der Waals surface area contributed by atoms with E-state index in [0.29, 0.717) is 5.92 Å². The second kappa shape index (κ2) is 4.99. The number of nitrogens with one attached hydrogen (secondary N) is 1. The lowest BCUT2D eigenvalue weighted by atomic mass is 9.95. The minimum absolute atomic E-state index is 0.254. The van der Waals surface area contributed by atoms with Crippen LogP contribution in [0.3, 0.4) is 0 Å². The summed E-state index contributed by atoms with van der Waals surface area (Å²) in [6.45, 7) is 3.11. The van der Waals surface area contributed by atoms with Gasteiger partial charge in [0.25, 0.3) is 0 Å². The minimum Gasteiger partial charge on any atom is -0.496 e. The Labute approximate surface area is 92.0 Å².